The van der Waals surface area contributed by atoms with Crippen LogP contribution >= 0.6 is 0 Å². The Labute approximate surface area is 116 Å². The van der Waals surface area contributed by atoms with Crippen molar-refractivity contribution in [1.29, 1.82) is 0 Å². The number of rotatable bonds is 10. The Morgan fingerprint density at radius 2 is 1.83 bits per heavy atom. The van der Waals surface area contributed by atoms with Crippen LogP contribution in [0.2, 0.25) is 11.7 Å². The predicted molar refractivity (Wildman–Crippen MR) is 86.4 cm³/mol. The summed E-state index contributed by atoms with van der Waals surface area (Å²) in [7, 11) is -0.626. The number of carbonyl (C=O) groups excluding carboxylic acids is 1. The second-order valence-corrected chi connectivity index (χ2v) is 13.3. The van der Waals surface area contributed by atoms with Gasteiger partial charge in [-0.05, 0) is 16.7 Å². The first-order chi connectivity index (χ1) is 8.64. The molecule has 0 bridgehead atoms. The largest absolute Gasteiger partial charge is 0.507 e. The van der Waals surface area contributed by atoms with E-state index in [1.54, 1.807) is 17.1 Å². The molecule has 0 N–H and O–H groups in total. The fraction of sp³-hybridized carbons (Fsp3) is 0.417. The van der Waals surface area contributed by atoms with Gasteiger partial charge < -0.3 is 9.47 Å². The molecule has 0 saturated carbocycles. The van der Waals surface area contributed by atoms with Gasteiger partial charge in [0.1, 0.15) is 0 Å². The van der Waals surface area contributed by atoms with Crippen LogP contribution in [0.5, 0.6) is 0 Å². The summed E-state index contributed by atoms with van der Waals surface area (Å²) in [5.74, 6) is 0. The average molecular weight is 301 g/mol. The minimum absolute atomic E-state index is 0.128. The monoisotopic (exact) mass is 300 g/mol. The molecule has 0 aliphatic rings. The van der Waals surface area contributed by atoms with Gasteiger partial charge in [0.25, 0.3) is 0 Å². The van der Waals surface area contributed by atoms with E-state index in [2.05, 4.69) is 19.7 Å². The van der Waals surface area contributed by atoms with Crippen molar-refractivity contribution >= 4 is 34.0 Å². The highest BCUT2D eigenvalue weighted by Gasteiger charge is 2.24. The second kappa shape index (κ2) is 10.1. The first-order valence-corrected chi connectivity index (χ1v) is 12.2. The Balaban J connectivity index is 3.85. The van der Waals surface area contributed by atoms with Gasteiger partial charge in [-0.15, -0.1) is 19.7 Å². The highest BCUT2D eigenvalue weighted by molar-refractivity contribution is 6.93. The van der Waals surface area contributed by atoms with Gasteiger partial charge in [0, 0.05) is 9.52 Å². The van der Waals surface area contributed by atoms with Crippen molar-refractivity contribution in [3.05, 3.63) is 36.8 Å². The van der Waals surface area contributed by atoms with Crippen LogP contribution in [-0.2, 0) is 9.47 Å². The summed E-state index contributed by atoms with van der Waals surface area (Å²) in [5.41, 5.74) is 6.81. The Hall–Kier alpha value is -0.859. The van der Waals surface area contributed by atoms with Crippen molar-refractivity contribution in [2.45, 2.75) is 18.1 Å². The third kappa shape index (κ3) is 6.77. The van der Waals surface area contributed by atoms with Gasteiger partial charge in [-0.2, -0.15) is 0 Å². The molecular weight excluding hydrogens is 276 g/mol. The van der Waals surface area contributed by atoms with Gasteiger partial charge >= 0.3 is 6.16 Å². The van der Waals surface area contributed by atoms with E-state index in [0.717, 1.165) is 6.42 Å². The van der Waals surface area contributed by atoms with E-state index < -0.39 is 14.2 Å². The Bertz CT molecular complexity index is 271. The molecule has 0 heterocycles. The van der Waals surface area contributed by atoms with Crippen molar-refractivity contribution < 1.29 is 14.3 Å². The van der Waals surface area contributed by atoms with Crippen LogP contribution < -0.4 is 0 Å². The van der Waals surface area contributed by atoms with Crippen LogP contribution in [0.25, 0.3) is 0 Å². The van der Waals surface area contributed by atoms with Crippen molar-refractivity contribution in [3.8, 4) is 0 Å². The zero-order valence-corrected chi connectivity index (χ0v) is 15.7. The van der Waals surface area contributed by atoms with Gasteiger partial charge in [0.05, 0.1) is 12.8 Å². The molecule has 0 aromatic heterocycles. The number of ether oxygens (including phenoxy) is 2. The van der Waals surface area contributed by atoms with Crippen LogP contribution in [0.15, 0.2) is 36.8 Å². The molecule has 0 aliphatic carbocycles. The molecular formula is C12H24O3Si3. The lowest BCUT2D eigenvalue weighted by molar-refractivity contribution is 0.0666. The number of hydrogen-bond donors (Lipinski definition) is 0. The SMILES string of the molecule is C=C[Si](C=C)(C=C)COC(=O)OCCC[SiH2]C[SiH3]. The molecule has 0 unspecified atom stereocenters. The summed E-state index contributed by atoms with van der Waals surface area (Å²) in [5, 5.41) is 0. The lowest BCUT2D eigenvalue weighted by atomic mass is 10.5. The molecule has 0 fully saturated rings. The maximum Gasteiger partial charge on any atom is 0.507 e. The lowest BCUT2D eigenvalue weighted by Crippen LogP contribution is -2.35. The fourth-order valence-electron chi connectivity index (χ4n) is 1.34. The Morgan fingerprint density at radius 3 is 2.33 bits per heavy atom. The van der Waals surface area contributed by atoms with E-state index >= 15 is 0 Å². The first kappa shape index (κ1) is 17.1. The van der Waals surface area contributed by atoms with E-state index in [-0.39, 0.29) is 15.7 Å². The van der Waals surface area contributed by atoms with Crippen molar-refractivity contribution in [3.63, 3.8) is 0 Å². The Morgan fingerprint density at radius 1 is 1.22 bits per heavy atom. The van der Waals surface area contributed by atoms with Gasteiger partial charge in [-0.3, -0.25) is 0 Å². The Kier molecular flexibility index (Phi) is 9.62. The zero-order chi connectivity index (χ0) is 13.9. The topological polar surface area (TPSA) is 35.5 Å². The van der Waals surface area contributed by atoms with E-state index in [4.69, 9.17) is 9.47 Å². The molecule has 3 nitrogen and oxygen atoms in total. The molecule has 0 aromatic carbocycles. The van der Waals surface area contributed by atoms with E-state index in [1.165, 1.54) is 22.0 Å². The summed E-state index contributed by atoms with van der Waals surface area (Å²) < 4.78 is 10.1. The molecule has 102 valence electrons. The molecule has 0 rings (SSSR count). The fourth-order valence-corrected chi connectivity index (χ4v) is 5.12. The zero-order valence-electron chi connectivity index (χ0n) is 11.3. The molecule has 0 amide bonds. The van der Waals surface area contributed by atoms with Crippen LogP contribution in [-0.4, -0.2) is 46.8 Å². The molecule has 6 heteroatoms. The summed E-state index contributed by atoms with van der Waals surface area (Å²) in [6, 6.07) is 1.25. The van der Waals surface area contributed by atoms with E-state index in [9.17, 15) is 4.79 Å². The molecule has 0 aliphatic heterocycles. The van der Waals surface area contributed by atoms with Crippen molar-refractivity contribution in [2.24, 2.45) is 0 Å². The average Bonchev–Trinajstić information content (AvgIpc) is 2.41. The molecule has 0 aromatic rings. The van der Waals surface area contributed by atoms with Gasteiger partial charge in [0.15, 0.2) is 8.07 Å². The number of carbonyl (C=O) groups is 1. The van der Waals surface area contributed by atoms with Crippen LogP contribution in [0.1, 0.15) is 6.42 Å². The maximum atomic E-state index is 11.4. The van der Waals surface area contributed by atoms with Crippen molar-refractivity contribution in [2.75, 3.05) is 12.8 Å². The minimum atomic E-state index is -2.06. The van der Waals surface area contributed by atoms with Gasteiger partial charge in [-0.25, -0.2) is 4.79 Å². The third-order valence-electron chi connectivity index (χ3n) is 2.80. The lowest BCUT2D eigenvalue weighted by Gasteiger charge is -2.18. The smallest absolute Gasteiger partial charge is 0.437 e. The quantitative estimate of drug-likeness (QED) is 0.343. The highest BCUT2D eigenvalue weighted by Crippen LogP contribution is 2.08. The summed E-state index contributed by atoms with van der Waals surface area (Å²) >= 11 is 0. The first-order valence-electron chi connectivity index (χ1n) is 6.34. The molecule has 0 atom stereocenters. The van der Waals surface area contributed by atoms with E-state index in [1.807, 2.05) is 0 Å². The summed E-state index contributed by atoms with van der Waals surface area (Å²) in [6.07, 6.45) is 0.652. The van der Waals surface area contributed by atoms with Gasteiger partial charge in [0.2, 0.25) is 0 Å². The maximum absolute atomic E-state index is 11.4. The molecule has 18 heavy (non-hydrogen) atoms. The minimum Gasteiger partial charge on any atom is -0.437 e. The third-order valence-corrected chi connectivity index (χ3v) is 9.55. The molecule has 0 spiro atoms. The second-order valence-electron chi connectivity index (χ2n) is 4.17. The van der Waals surface area contributed by atoms with Crippen LogP contribution in [0, 0.1) is 0 Å². The van der Waals surface area contributed by atoms with Crippen LogP contribution in [0.4, 0.5) is 4.79 Å². The van der Waals surface area contributed by atoms with Crippen molar-refractivity contribution in [1.82, 2.24) is 0 Å². The summed E-state index contributed by atoms with van der Waals surface area (Å²) in [4.78, 5) is 11.4. The summed E-state index contributed by atoms with van der Waals surface area (Å²) in [6.45, 7) is 11.7. The predicted octanol–water partition coefficient (Wildman–Crippen LogP) is 1.02. The van der Waals surface area contributed by atoms with E-state index in [0.29, 0.717) is 6.61 Å². The highest BCUT2D eigenvalue weighted by atomic mass is 28.3. The van der Waals surface area contributed by atoms with Gasteiger partial charge in [-0.1, -0.05) is 28.8 Å². The standard InChI is InChI=1S/C12H24O3Si3/c1-4-18(5-2,6-3)10-15-12(13)14-8-7-9-17-11-16/h4-6H,1-3,7-11,17H2,16H3. The van der Waals surface area contributed by atoms with Crippen LogP contribution in [0.3, 0.4) is 0 Å². The number of hydrogen-bond acceptors (Lipinski definition) is 3. The molecule has 0 radical (unpaired) electrons. The molecule has 0 saturated heterocycles. The normalized spacial score (nSPS) is 11.3.